The maximum Gasteiger partial charge on any atom is 0.209 e. The Morgan fingerprint density at radius 3 is 2.77 bits per heavy atom. The lowest BCUT2D eigenvalue weighted by Gasteiger charge is -1.96. The van der Waals surface area contributed by atoms with Gasteiger partial charge in [0.1, 0.15) is 5.82 Å². The molecule has 26 heavy (non-hydrogen) atoms. The van der Waals surface area contributed by atoms with E-state index >= 15 is 0 Å². The number of thiazole rings is 1. The highest BCUT2D eigenvalue weighted by molar-refractivity contribution is 7.98. The van der Waals surface area contributed by atoms with Gasteiger partial charge in [-0.15, -0.1) is 27.8 Å². The summed E-state index contributed by atoms with van der Waals surface area (Å²) in [6, 6.07) is 14.5. The zero-order valence-electron chi connectivity index (χ0n) is 13.8. The second kappa shape index (κ2) is 8.44. The normalized spacial score (nSPS) is 11.4. The minimum atomic E-state index is 0.744. The molecule has 4 nitrogen and oxygen atoms in total. The third-order valence-electron chi connectivity index (χ3n) is 3.58. The molecule has 3 heterocycles. The summed E-state index contributed by atoms with van der Waals surface area (Å²) in [6.45, 7) is 0. The van der Waals surface area contributed by atoms with Crippen LogP contribution in [-0.2, 0) is 12.2 Å². The molecule has 0 saturated heterocycles. The number of thiophene rings is 1. The summed E-state index contributed by atoms with van der Waals surface area (Å²) >= 11 is 5.00. The Morgan fingerprint density at radius 1 is 1.00 bits per heavy atom. The number of hydrogen-bond acceptors (Lipinski definition) is 6. The first-order valence-corrected chi connectivity index (χ1v) is 10.8. The van der Waals surface area contributed by atoms with Crippen molar-refractivity contribution in [3.05, 3.63) is 80.2 Å². The Balaban J connectivity index is 1.32. The number of hydrogen-bond donors (Lipinski definition) is 1. The van der Waals surface area contributed by atoms with Crippen molar-refractivity contribution in [2.45, 2.75) is 17.3 Å². The Labute approximate surface area is 164 Å². The summed E-state index contributed by atoms with van der Waals surface area (Å²) in [5.41, 5.74) is 2.36. The third-order valence-corrected chi connectivity index (χ3v) is 6.19. The number of aromatic nitrogens is 4. The molecule has 0 radical (unpaired) electrons. The molecule has 0 spiro atoms. The van der Waals surface area contributed by atoms with Gasteiger partial charge in [0.05, 0.1) is 10.7 Å². The van der Waals surface area contributed by atoms with Crippen LogP contribution in [0.2, 0.25) is 0 Å². The van der Waals surface area contributed by atoms with Crippen LogP contribution < -0.4 is 0 Å². The molecule has 0 aliphatic heterocycles. The number of H-pyrrole nitrogens is 1. The van der Waals surface area contributed by atoms with Crippen molar-refractivity contribution in [3.8, 4) is 0 Å². The minimum Gasteiger partial charge on any atom is -0.259 e. The average Bonchev–Trinajstić information content (AvgIpc) is 3.41. The van der Waals surface area contributed by atoms with Crippen LogP contribution in [0.1, 0.15) is 27.0 Å². The first kappa shape index (κ1) is 17.2. The number of rotatable bonds is 7. The van der Waals surface area contributed by atoms with Gasteiger partial charge in [0.2, 0.25) is 5.16 Å². The number of nitrogens with zero attached hydrogens (tertiary/aromatic N) is 3. The maximum atomic E-state index is 4.72. The second-order valence-electron chi connectivity index (χ2n) is 5.54. The Morgan fingerprint density at radius 2 is 1.92 bits per heavy atom. The predicted molar refractivity (Wildman–Crippen MR) is 111 cm³/mol. The van der Waals surface area contributed by atoms with E-state index in [1.807, 2.05) is 24.3 Å². The van der Waals surface area contributed by atoms with Gasteiger partial charge in [-0.05, 0) is 29.2 Å². The number of nitrogens with one attached hydrogen (secondary N) is 1. The van der Waals surface area contributed by atoms with Gasteiger partial charge in [-0.1, -0.05) is 48.2 Å². The molecule has 0 fully saturated rings. The second-order valence-corrected chi connectivity index (χ2v) is 8.40. The van der Waals surface area contributed by atoms with Gasteiger partial charge >= 0.3 is 0 Å². The van der Waals surface area contributed by atoms with E-state index in [4.69, 9.17) is 4.98 Å². The Hall–Kier alpha value is -2.22. The number of thioether (sulfide) groups is 1. The van der Waals surface area contributed by atoms with Crippen molar-refractivity contribution < 1.29 is 0 Å². The van der Waals surface area contributed by atoms with E-state index < -0.39 is 0 Å². The molecule has 0 amide bonds. The lowest BCUT2D eigenvalue weighted by Crippen LogP contribution is -1.88. The van der Waals surface area contributed by atoms with Crippen LogP contribution in [0.25, 0.3) is 12.2 Å². The third kappa shape index (κ3) is 4.69. The van der Waals surface area contributed by atoms with Crippen LogP contribution in [0.3, 0.4) is 0 Å². The van der Waals surface area contributed by atoms with Crippen LogP contribution >= 0.6 is 34.4 Å². The van der Waals surface area contributed by atoms with Crippen LogP contribution in [0, 0.1) is 0 Å². The highest BCUT2D eigenvalue weighted by atomic mass is 32.2. The van der Waals surface area contributed by atoms with E-state index in [1.165, 1.54) is 10.4 Å². The largest absolute Gasteiger partial charge is 0.259 e. The van der Waals surface area contributed by atoms with Crippen molar-refractivity contribution in [3.63, 3.8) is 0 Å². The standard InChI is InChI=1S/C19H16N4S3/c1-2-5-14(6-3-1)11-18-20-15(12-25-18)13-26-19-21-17(22-23-19)9-8-16-7-4-10-24-16/h1-10,12H,11,13H2,(H,21,22,23). The van der Waals surface area contributed by atoms with Crippen LogP contribution in [-0.4, -0.2) is 20.2 Å². The Bertz CT molecular complexity index is 971. The summed E-state index contributed by atoms with van der Waals surface area (Å²) in [6.07, 6.45) is 4.87. The molecule has 4 rings (SSSR count). The first-order chi connectivity index (χ1) is 12.8. The van der Waals surface area contributed by atoms with Crippen molar-refractivity contribution >= 4 is 46.6 Å². The quantitative estimate of drug-likeness (QED) is 0.426. The van der Waals surface area contributed by atoms with E-state index in [0.29, 0.717) is 0 Å². The summed E-state index contributed by atoms with van der Waals surface area (Å²) in [7, 11) is 0. The highest BCUT2D eigenvalue weighted by Gasteiger charge is 2.07. The van der Waals surface area contributed by atoms with Gasteiger partial charge < -0.3 is 0 Å². The minimum absolute atomic E-state index is 0.744. The molecule has 0 atom stereocenters. The summed E-state index contributed by atoms with van der Waals surface area (Å²) < 4.78 is 0. The summed E-state index contributed by atoms with van der Waals surface area (Å²) in [5.74, 6) is 1.54. The fourth-order valence-corrected chi connectivity index (χ4v) is 4.60. The monoisotopic (exact) mass is 396 g/mol. The van der Waals surface area contributed by atoms with Crippen molar-refractivity contribution in [2.24, 2.45) is 0 Å². The summed E-state index contributed by atoms with van der Waals surface area (Å²) in [4.78, 5) is 10.4. The van der Waals surface area contributed by atoms with Gasteiger partial charge in [0, 0.05) is 22.4 Å². The van der Waals surface area contributed by atoms with Crippen LogP contribution in [0.4, 0.5) is 0 Å². The lowest BCUT2D eigenvalue weighted by molar-refractivity contribution is 0.970. The molecule has 3 aromatic heterocycles. The molecule has 1 aromatic carbocycles. The molecule has 4 aromatic rings. The van der Waals surface area contributed by atoms with E-state index in [9.17, 15) is 0 Å². The van der Waals surface area contributed by atoms with E-state index in [2.05, 4.69) is 56.3 Å². The molecule has 0 bridgehead atoms. The fourth-order valence-electron chi connectivity index (χ4n) is 2.35. The van der Waals surface area contributed by atoms with Gasteiger partial charge in [0.15, 0.2) is 0 Å². The van der Waals surface area contributed by atoms with Gasteiger partial charge in [-0.25, -0.2) is 9.97 Å². The number of benzene rings is 1. The Kier molecular flexibility index (Phi) is 5.59. The molecule has 7 heteroatoms. The van der Waals surface area contributed by atoms with E-state index in [0.717, 1.165) is 33.9 Å². The molecule has 0 saturated carbocycles. The average molecular weight is 397 g/mol. The van der Waals surface area contributed by atoms with Crippen molar-refractivity contribution in [2.75, 3.05) is 0 Å². The predicted octanol–water partition coefficient (Wildman–Crippen LogP) is 5.38. The van der Waals surface area contributed by atoms with Gasteiger partial charge in [-0.2, -0.15) is 0 Å². The lowest BCUT2D eigenvalue weighted by atomic mass is 10.2. The fraction of sp³-hybridized carbons (Fsp3) is 0.105. The molecular weight excluding hydrogens is 380 g/mol. The molecule has 0 unspecified atom stereocenters. The zero-order chi connectivity index (χ0) is 17.6. The van der Waals surface area contributed by atoms with Gasteiger partial charge in [-0.3, -0.25) is 5.10 Å². The van der Waals surface area contributed by atoms with Gasteiger partial charge in [0.25, 0.3) is 0 Å². The molecular formula is C19H16N4S3. The van der Waals surface area contributed by atoms with Crippen molar-refractivity contribution in [1.82, 2.24) is 20.2 Å². The van der Waals surface area contributed by atoms with Crippen molar-refractivity contribution in [1.29, 1.82) is 0 Å². The maximum absolute atomic E-state index is 4.72. The first-order valence-electron chi connectivity index (χ1n) is 8.09. The SMILES string of the molecule is C(=Cc1cccs1)c1nc(SCc2csc(Cc3ccccc3)n2)n[nH]1. The smallest absolute Gasteiger partial charge is 0.209 e. The highest BCUT2D eigenvalue weighted by Crippen LogP contribution is 2.22. The molecule has 1 N–H and O–H groups in total. The molecule has 0 aliphatic carbocycles. The van der Waals surface area contributed by atoms with Crippen LogP contribution in [0.15, 0.2) is 58.4 Å². The number of aromatic amines is 1. The zero-order valence-corrected chi connectivity index (χ0v) is 16.3. The molecule has 0 aliphatic rings. The topological polar surface area (TPSA) is 54.5 Å². The summed E-state index contributed by atoms with van der Waals surface area (Å²) in [5, 5.41) is 13.3. The van der Waals surface area contributed by atoms with E-state index in [1.54, 1.807) is 34.4 Å². The van der Waals surface area contributed by atoms with E-state index in [-0.39, 0.29) is 0 Å². The molecule has 130 valence electrons. The van der Waals surface area contributed by atoms with Crippen LogP contribution in [0.5, 0.6) is 0 Å².